The molecule has 30 heavy (non-hydrogen) atoms. The second kappa shape index (κ2) is 10.3. The van der Waals surface area contributed by atoms with Crippen LogP contribution in [0.25, 0.3) is 5.78 Å². The maximum atomic E-state index is 12.5. The maximum absolute atomic E-state index is 12.5. The number of benzene rings is 1. The topological polar surface area (TPSA) is 72.2 Å². The molecule has 0 aliphatic carbocycles. The van der Waals surface area contributed by atoms with Gasteiger partial charge in [0.15, 0.2) is 0 Å². The Morgan fingerprint density at radius 1 is 1.27 bits per heavy atom. The molecule has 8 heteroatoms. The van der Waals surface area contributed by atoms with Crippen molar-refractivity contribution < 1.29 is 4.79 Å². The predicted molar refractivity (Wildman–Crippen MR) is 122 cm³/mol. The Bertz CT molecular complexity index is 1040. The fourth-order valence-electron chi connectivity index (χ4n) is 3.30. The van der Waals surface area contributed by atoms with E-state index in [-0.39, 0.29) is 11.2 Å². The lowest BCUT2D eigenvalue weighted by molar-refractivity contribution is -0.120. The van der Waals surface area contributed by atoms with E-state index >= 15 is 0 Å². The van der Waals surface area contributed by atoms with Gasteiger partial charge in [0.2, 0.25) is 11.1 Å². The Morgan fingerprint density at radius 3 is 2.77 bits per heavy atom. The highest BCUT2D eigenvalue weighted by Gasteiger charge is 2.21. The van der Waals surface area contributed by atoms with Gasteiger partial charge in [0, 0.05) is 29.4 Å². The first kappa shape index (κ1) is 22.6. The average Bonchev–Trinajstić information content (AvgIpc) is 3.12. The Kier molecular flexibility index (Phi) is 7.72. The molecule has 1 N–H and O–H groups in total. The van der Waals surface area contributed by atoms with E-state index in [1.807, 2.05) is 39.0 Å². The van der Waals surface area contributed by atoms with Gasteiger partial charge in [-0.2, -0.15) is 4.98 Å². The summed E-state index contributed by atoms with van der Waals surface area (Å²) in [6.07, 6.45) is 3.47. The van der Waals surface area contributed by atoms with Gasteiger partial charge in [-0.3, -0.25) is 4.79 Å². The molecule has 1 amide bonds. The van der Waals surface area contributed by atoms with E-state index in [4.69, 9.17) is 11.6 Å². The summed E-state index contributed by atoms with van der Waals surface area (Å²) in [6.45, 7) is 8.84. The van der Waals surface area contributed by atoms with Crippen molar-refractivity contribution in [2.24, 2.45) is 0 Å². The van der Waals surface area contributed by atoms with Gasteiger partial charge in [-0.1, -0.05) is 55.8 Å². The monoisotopic (exact) mass is 445 g/mol. The molecule has 0 bridgehead atoms. The van der Waals surface area contributed by atoms with Crippen LogP contribution in [0.4, 0.5) is 0 Å². The standard InChI is InChI=1S/C22H28ClN5OS/c1-5-7-11-24-20(29)19(6-2)30-22-26-21-25-14(3)18(15(4)28(21)27-22)13-16-9-8-10-17(23)12-16/h8-10,12,19H,5-7,11,13H2,1-4H3,(H,24,29)/t19-/m0/s1. The number of fused-ring (bicyclic) bond motifs is 1. The maximum Gasteiger partial charge on any atom is 0.253 e. The minimum absolute atomic E-state index is 0.0392. The number of hydrogen-bond donors (Lipinski definition) is 1. The normalized spacial score (nSPS) is 12.3. The highest BCUT2D eigenvalue weighted by atomic mass is 35.5. The number of aromatic nitrogens is 4. The van der Waals surface area contributed by atoms with Crippen LogP contribution in [0.3, 0.4) is 0 Å². The molecule has 2 aromatic heterocycles. The number of hydrogen-bond acceptors (Lipinski definition) is 5. The van der Waals surface area contributed by atoms with Gasteiger partial charge < -0.3 is 5.32 Å². The number of carbonyl (C=O) groups excluding carboxylic acids is 1. The van der Waals surface area contributed by atoms with E-state index in [2.05, 4.69) is 33.4 Å². The lowest BCUT2D eigenvalue weighted by atomic mass is 10.0. The second-order valence-corrected chi connectivity index (χ2v) is 8.94. The molecule has 3 rings (SSSR count). The number of nitrogens with zero attached hydrogens (tertiary/aromatic N) is 4. The summed E-state index contributed by atoms with van der Waals surface area (Å²) in [7, 11) is 0. The zero-order chi connectivity index (χ0) is 21.7. The van der Waals surface area contributed by atoms with Crippen LogP contribution in [-0.4, -0.2) is 37.3 Å². The molecule has 1 atom stereocenters. The Hall–Kier alpha value is -2.12. The van der Waals surface area contributed by atoms with Crippen LogP contribution in [-0.2, 0) is 11.2 Å². The van der Waals surface area contributed by atoms with Gasteiger partial charge >= 0.3 is 0 Å². The third-order valence-electron chi connectivity index (χ3n) is 5.04. The molecular weight excluding hydrogens is 418 g/mol. The van der Waals surface area contributed by atoms with Crippen molar-refractivity contribution in [2.75, 3.05) is 6.54 Å². The lowest BCUT2D eigenvalue weighted by Crippen LogP contribution is -2.33. The first-order valence-corrected chi connectivity index (χ1v) is 11.6. The van der Waals surface area contributed by atoms with Crippen molar-refractivity contribution in [3.8, 4) is 0 Å². The summed E-state index contributed by atoms with van der Waals surface area (Å²) >= 11 is 7.53. The van der Waals surface area contributed by atoms with Gasteiger partial charge in [-0.25, -0.2) is 9.50 Å². The number of carbonyl (C=O) groups is 1. The molecular formula is C22H28ClN5OS. The predicted octanol–water partition coefficient (Wildman–Crippen LogP) is 4.77. The molecule has 0 fully saturated rings. The number of rotatable bonds is 9. The minimum Gasteiger partial charge on any atom is -0.355 e. The third-order valence-corrected chi connectivity index (χ3v) is 6.49. The summed E-state index contributed by atoms with van der Waals surface area (Å²) in [5.74, 6) is 0.598. The van der Waals surface area contributed by atoms with E-state index in [1.54, 1.807) is 4.52 Å². The van der Waals surface area contributed by atoms with Crippen LogP contribution in [0.15, 0.2) is 29.4 Å². The quantitative estimate of drug-likeness (QED) is 0.379. The van der Waals surface area contributed by atoms with Gasteiger partial charge in [-0.15, -0.1) is 5.10 Å². The molecule has 0 aliphatic heterocycles. The molecule has 0 saturated heterocycles. The fourth-order valence-corrected chi connectivity index (χ4v) is 4.39. The van der Waals surface area contributed by atoms with Crippen molar-refractivity contribution in [3.63, 3.8) is 0 Å². The summed E-state index contributed by atoms with van der Waals surface area (Å²) < 4.78 is 1.77. The lowest BCUT2D eigenvalue weighted by Gasteiger charge is -2.12. The molecule has 160 valence electrons. The highest BCUT2D eigenvalue weighted by molar-refractivity contribution is 8.00. The van der Waals surface area contributed by atoms with Gasteiger partial charge in [0.05, 0.1) is 5.25 Å². The van der Waals surface area contributed by atoms with Crippen LogP contribution >= 0.6 is 23.4 Å². The smallest absolute Gasteiger partial charge is 0.253 e. The molecule has 0 saturated carbocycles. The number of halogens is 1. The second-order valence-electron chi connectivity index (χ2n) is 7.33. The summed E-state index contributed by atoms with van der Waals surface area (Å²) in [4.78, 5) is 21.7. The zero-order valence-electron chi connectivity index (χ0n) is 17.9. The average molecular weight is 446 g/mol. The molecule has 1 aromatic carbocycles. The number of thioether (sulfide) groups is 1. The first-order chi connectivity index (χ1) is 14.4. The van der Waals surface area contributed by atoms with E-state index in [0.29, 0.717) is 23.9 Å². The fraction of sp³-hybridized carbons (Fsp3) is 0.455. The number of aryl methyl sites for hydroxylation is 2. The Morgan fingerprint density at radius 2 is 2.07 bits per heavy atom. The van der Waals surface area contributed by atoms with Crippen molar-refractivity contribution >= 4 is 35.0 Å². The summed E-state index contributed by atoms with van der Waals surface area (Å²) in [5.41, 5.74) is 4.15. The summed E-state index contributed by atoms with van der Waals surface area (Å²) in [5, 5.41) is 8.72. The molecule has 2 heterocycles. The Balaban J connectivity index is 1.83. The van der Waals surface area contributed by atoms with Crippen molar-refractivity contribution in [1.82, 2.24) is 24.9 Å². The van der Waals surface area contributed by atoms with Gasteiger partial charge in [0.25, 0.3) is 5.78 Å². The molecule has 6 nitrogen and oxygen atoms in total. The van der Waals surface area contributed by atoms with Crippen LogP contribution in [0, 0.1) is 13.8 Å². The zero-order valence-corrected chi connectivity index (χ0v) is 19.5. The number of amides is 1. The van der Waals surface area contributed by atoms with Crippen LogP contribution in [0.1, 0.15) is 55.6 Å². The van der Waals surface area contributed by atoms with E-state index in [9.17, 15) is 4.79 Å². The largest absolute Gasteiger partial charge is 0.355 e. The minimum atomic E-state index is -0.216. The van der Waals surface area contributed by atoms with Crippen molar-refractivity contribution in [3.05, 3.63) is 51.8 Å². The molecule has 0 radical (unpaired) electrons. The van der Waals surface area contributed by atoms with Gasteiger partial charge in [0.1, 0.15) is 0 Å². The van der Waals surface area contributed by atoms with Crippen molar-refractivity contribution in [2.45, 2.75) is 63.8 Å². The van der Waals surface area contributed by atoms with Crippen LogP contribution < -0.4 is 5.32 Å². The van der Waals surface area contributed by atoms with E-state index < -0.39 is 0 Å². The third kappa shape index (κ3) is 5.32. The molecule has 0 aliphatic rings. The molecule has 3 aromatic rings. The van der Waals surface area contributed by atoms with Gasteiger partial charge in [-0.05, 0) is 49.9 Å². The summed E-state index contributed by atoms with van der Waals surface area (Å²) in [6, 6.07) is 7.85. The SMILES string of the molecule is CCCCNC(=O)[C@H](CC)Sc1nc2nc(C)c(Cc3cccc(Cl)c3)c(C)n2n1. The van der Waals surface area contributed by atoms with E-state index in [0.717, 1.165) is 46.8 Å². The molecule has 0 unspecified atom stereocenters. The van der Waals surface area contributed by atoms with E-state index in [1.165, 1.54) is 11.8 Å². The first-order valence-electron chi connectivity index (χ1n) is 10.3. The highest BCUT2D eigenvalue weighted by Crippen LogP contribution is 2.25. The number of unbranched alkanes of at least 4 members (excludes halogenated alkanes) is 1. The van der Waals surface area contributed by atoms with Crippen LogP contribution in [0.5, 0.6) is 0 Å². The molecule has 0 spiro atoms. The van der Waals surface area contributed by atoms with Crippen molar-refractivity contribution in [1.29, 1.82) is 0 Å². The van der Waals surface area contributed by atoms with Crippen LogP contribution in [0.2, 0.25) is 5.02 Å². The Labute approximate surface area is 186 Å². The number of nitrogens with one attached hydrogen (secondary N) is 1.